The number of anilines is 1. The minimum Gasteiger partial charge on any atom is -0.478 e. The van der Waals surface area contributed by atoms with Crippen LogP contribution in [0.15, 0.2) is 16.7 Å². The molecule has 1 aliphatic rings. The summed E-state index contributed by atoms with van der Waals surface area (Å²) in [5.41, 5.74) is 0.172. The zero-order valence-corrected chi connectivity index (χ0v) is 12.1. The van der Waals surface area contributed by atoms with Gasteiger partial charge in [-0.25, -0.2) is 9.78 Å². The van der Waals surface area contributed by atoms with Crippen molar-refractivity contribution in [2.45, 2.75) is 6.92 Å². The lowest BCUT2D eigenvalue weighted by Crippen LogP contribution is -2.48. The van der Waals surface area contributed by atoms with Gasteiger partial charge in [0.2, 0.25) is 5.91 Å². The molecule has 1 amide bonds. The molecule has 1 aromatic heterocycles. The third-order valence-electron chi connectivity index (χ3n) is 3.09. The van der Waals surface area contributed by atoms with Crippen molar-refractivity contribution >= 4 is 33.6 Å². The van der Waals surface area contributed by atoms with Crippen molar-refractivity contribution in [2.24, 2.45) is 0 Å². The summed E-state index contributed by atoms with van der Waals surface area (Å²) in [7, 11) is 0. The summed E-state index contributed by atoms with van der Waals surface area (Å²) in [5.74, 6) is -0.501. The molecule has 2 rings (SSSR count). The molecule has 0 spiro atoms. The lowest BCUT2D eigenvalue weighted by atomic mass is 10.2. The van der Waals surface area contributed by atoms with Crippen LogP contribution < -0.4 is 4.90 Å². The van der Waals surface area contributed by atoms with Gasteiger partial charge in [-0.2, -0.15) is 0 Å². The molecule has 102 valence electrons. The Labute approximate surface area is 119 Å². The third-order valence-corrected chi connectivity index (χ3v) is 3.52. The monoisotopic (exact) mass is 327 g/mol. The molecule has 1 fully saturated rings. The summed E-state index contributed by atoms with van der Waals surface area (Å²) in [6, 6.07) is 1.54. The molecule has 1 saturated heterocycles. The van der Waals surface area contributed by atoms with E-state index in [4.69, 9.17) is 0 Å². The molecule has 19 heavy (non-hydrogen) atoms. The minimum absolute atomic E-state index is 0.0434. The van der Waals surface area contributed by atoms with Crippen molar-refractivity contribution < 1.29 is 14.7 Å². The number of hydrogen-bond acceptors (Lipinski definition) is 4. The van der Waals surface area contributed by atoms with Gasteiger partial charge in [0, 0.05) is 43.8 Å². The number of piperazine rings is 1. The quantitative estimate of drug-likeness (QED) is 0.883. The highest BCUT2D eigenvalue weighted by atomic mass is 79.9. The Balaban J connectivity index is 2.20. The summed E-state index contributed by atoms with van der Waals surface area (Å²) in [5, 5.41) is 9.21. The second-order valence-corrected chi connectivity index (χ2v) is 5.24. The molecule has 6 nitrogen and oxygen atoms in total. The molecule has 7 heteroatoms. The van der Waals surface area contributed by atoms with Gasteiger partial charge < -0.3 is 14.9 Å². The van der Waals surface area contributed by atoms with Crippen LogP contribution >= 0.6 is 15.9 Å². The number of rotatable bonds is 2. The van der Waals surface area contributed by atoms with E-state index in [1.807, 2.05) is 4.90 Å². The summed E-state index contributed by atoms with van der Waals surface area (Å²) < 4.78 is 0.635. The molecular weight excluding hydrogens is 314 g/mol. The molecule has 0 atom stereocenters. The van der Waals surface area contributed by atoms with Gasteiger partial charge >= 0.3 is 5.97 Å². The summed E-state index contributed by atoms with van der Waals surface area (Å²) in [6.07, 6.45) is 1.58. The average molecular weight is 328 g/mol. The van der Waals surface area contributed by atoms with Gasteiger partial charge in [0.25, 0.3) is 0 Å². The van der Waals surface area contributed by atoms with E-state index >= 15 is 0 Å². The number of nitrogens with zero attached hydrogens (tertiary/aromatic N) is 3. The second-order valence-electron chi connectivity index (χ2n) is 4.32. The number of carbonyl (C=O) groups is 2. The van der Waals surface area contributed by atoms with E-state index < -0.39 is 5.97 Å². The number of aromatic carboxylic acids is 1. The number of carboxylic acids is 1. The van der Waals surface area contributed by atoms with E-state index in [1.54, 1.807) is 17.2 Å². The topological polar surface area (TPSA) is 73.7 Å². The predicted molar refractivity (Wildman–Crippen MR) is 73.4 cm³/mol. The van der Waals surface area contributed by atoms with Crippen LogP contribution in [0, 0.1) is 0 Å². The molecule has 0 radical (unpaired) electrons. The first kappa shape index (κ1) is 13.8. The Morgan fingerprint density at radius 2 is 1.95 bits per heavy atom. The Kier molecular flexibility index (Phi) is 4.04. The Bertz CT molecular complexity index is 513. The number of pyridine rings is 1. The van der Waals surface area contributed by atoms with E-state index in [-0.39, 0.29) is 11.5 Å². The Morgan fingerprint density at radius 1 is 1.32 bits per heavy atom. The fourth-order valence-corrected chi connectivity index (χ4v) is 2.41. The van der Waals surface area contributed by atoms with Crippen LogP contribution in [0.1, 0.15) is 17.3 Å². The minimum atomic E-state index is -1.00. The maximum atomic E-state index is 11.3. The van der Waals surface area contributed by atoms with Gasteiger partial charge in [0.15, 0.2) is 0 Å². The Morgan fingerprint density at radius 3 is 2.47 bits per heavy atom. The highest BCUT2D eigenvalue weighted by molar-refractivity contribution is 9.10. The van der Waals surface area contributed by atoms with Crippen LogP contribution in [0.25, 0.3) is 0 Å². The first-order valence-electron chi connectivity index (χ1n) is 5.88. The lowest BCUT2D eigenvalue weighted by molar-refractivity contribution is -0.129. The molecule has 0 bridgehead atoms. The number of amides is 1. The van der Waals surface area contributed by atoms with Crippen LogP contribution in [0.3, 0.4) is 0 Å². The standard InChI is InChI=1S/C12H14BrN3O3/c1-8(17)15-2-4-16(5-3-15)11-10(12(18)19)6-9(13)7-14-11/h6-7H,2-5H2,1H3,(H,18,19). The third kappa shape index (κ3) is 3.04. The largest absolute Gasteiger partial charge is 0.478 e. The van der Waals surface area contributed by atoms with Crippen LogP contribution in [0.5, 0.6) is 0 Å². The number of aromatic nitrogens is 1. The Hall–Kier alpha value is -1.63. The van der Waals surface area contributed by atoms with E-state index in [9.17, 15) is 14.7 Å². The van der Waals surface area contributed by atoms with E-state index in [0.29, 0.717) is 36.5 Å². The highest BCUT2D eigenvalue weighted by Gasteiger charge is 2.23. The van der Waals surface area contributed by atoms with Crippen molar-refractivity contribution in [2.75, 3.05) is 31.1 Å². The average Bonchev–Trinajstić information content (AvgIpc) is 2.38. The second kappa shape index (κ2) is 5.56. The van der Waals surface area contributed by atoms with Crippen LogP contribution in [-0.2, 0) is 4.79 Å². The van der Waals surface area contributed by atoms with Gasteiger partial charge in [-0.3, -0.25) is 4.79 Å². The maximum absolute atomic E-state index is 11.3. The van der Waals surface area contributed by atoms with Gasteiger partial charge in [-0.1, -0.05) is 0 Å². The van der Waals surface area contributed by atoms with Crippen molar-refractivity contribution in [3.8, 4) is 0 Å². The van der Waals surface area contributed by atoms with Crippen LogP contribution in [0.4, 0.5) is 5.82 Å². The molecule has 0 unspecified atom stereocenters. The molecule has 1 N–H and O–H groups in total. The van der Waals surface area contributed by atoms with Crippen LogP contribution in [-0.4, -0.2) is 53.0 Å². The van der Waals surface area contributed by atoms with E-state index in [2.05, 4.69) is 20.9 Å². The molecule has 1 aromatic rings. The SMILES string of the molecule is CC(=O)N1CCN(c2ncc(Br)cc2C(=O)O)CC1. The molecule has 0 aliphatic carbocycles. The summed E-state index contributed by atoms with van der Waals surface area (Å²) in [6.45, 7) is 3.90. The molecule has 0 saturated carbocycles. The predicted octanol–water partition coefficient (Wildman–Crippen LogP) is 1.21. The first-order chi connectivity index (χ1) is 8.99. The molecule has 0 aromatic carbocycles. The van der Waals surface area contributed by atoms with Gasteiger partial charge in [0.1, 0.15) is 11.4 Å². The fraction of sp³-hybridized carbons (Fsp3) is 0.417. The van der Waals surface area contributed by atoms with Crippen molar-refractivity contribution in [1.82, 2.24) is 9.88 Å². The van der Waals surface area contributed by atoms with Crippen LogP contribution in [0.2, 0.25) is 0 Å². The summed E-state index contributed by atoms with van der Waals surface area (Å²) >= 11 is 3.22. The fourth-order valence-electron chi connectivity index (χ4n) is 2.07. The van der Waals surface area contributed by atoms with Gasteiger partial charge in [-0.15, -0.1) is 0 Å². The lowest BCUT2D eigenvalue weighted by Gasteiger charge is -2.35. The first-order valence-corrected chi connectivity index (χ1v) is 6.67. The molecule has 2 heterocycles. The number of carboxylic acid groups (broad SMARTS) is 1. The number of hydrogen-bond donors (Lipinski definition) is 1. The van der Waals surface area contributed by atoms with Crippen molar-refractivity contribution in [3.63, 3.8) is 0 Å². The van der Waals surface area contributed by atoms with E-state index in [0.717, 1.165) is 0 Å². The highest BCUT2D eigenvalue weighted by Crippen LogP contribution is 2.22. The zero-order chi connectivity index (χ0) is 14.0. The van der Waals surface area contributed by atoms with Crippen molar-refractivity contribution in [3.05, 3.63) is 22.3 Å². The smallest absolute Gasteiger partial charge is 0.339 e. The normalized spacial score (nSPS) is 15.5. The molecular formula is C12H14BrN3O3. The van der Waals surface area contributed by atoms with Crippen molar-refractivity contribution in [1.29, 1.82) is 0 Å². The summed E-state index contributed by atoms with van der Waals surface area (Å²) in [4.78, 5) is 30.3. The zero-order valence-electron chi connectivity index (χ0n) is 10.5. The number of halogens is 1. The maximum Gasteiger partial charge on any atom is 0.339 e. The molecule has 1 aliphatic heterocycles. The number of carbonyl (C=O) groups excluding carboxylic acids is 1. The van der Waals surface area contributed by atoms with Gasteiger partial charge in [-0.05, 0) is 22.0 Å². The van der Waals surface area contributed by atoms with E-state index in [1.165, 1.54) is 6.92 Å². The van der Waals surface area contributed by atoms with Gasteiger partial charge in [0.05, 0.1) is 0 Å².